The molecule has 0 saturated carbocycles. The van der Waals surface area contributed by atoms with Crippen molar-refractivity contribution in [2.24, 2.45) is 5.73 Å². The topological polar surface area (TPSA) is 127 Å². The Morgan fingerprint density at radius 3 is 2.48 bits per heavy atom. The Bertz CT molecular complexity index is 854. The lowest BCUT2D eigenvalue weighted by Gasteiger charge is -2.11. The van der Waals surface area contributed by atoms with Gasteiger partial charge in [-0.05, 0) is 42.8 Å². The third-order valence-corrected chi connectivity index (χ3v) is 3.87. The van der Waals surface area contributed by atoms with E-state index in [1.54, 1.807) is 12.1 Å². The zero-order valence-corrected chi connectivity index (χ0v) is 14.8. The number of carbonyl (C=O) groups is 2. The zero-order valence-electron chi connectivity index (χ0n) is 13.2. The summed E-state index contributed by atoms with van der Waals surface area (Å²) < 4.78 is 0.895. The fourth-order valence-electron chi connectivity index (χ4n) is 2.12. The van der Waals surface area contributed by atoms with Crippen LogP contribution < -0.4 is 16.4 Å². The van der Waals surface area contributed by atoms with Crippen molar-refractivity contribution in [2.45, 2.75) is 6.92 Å². The first kappa shape index (κ1) is 18.4. The molecule has 4 N–H and O–H groups in total. The summed E-state index contributed by atoms with van der Waals surface area (Å²) in [4.78, 5) is 33.6. The molecule has 0 aliphatic heterocycles. The van der Waals surface area contributed by atoms with E-state index in [1.165, 1.54) is 12.1 Å². The standard InChI is InChI=1S/C16H15BrN4O4/c1-9-6-11(17)3-5-12(9)20-15(22)8-19-13-4-2-10(16(18)23)7-14(13)21(24)25/h2-7,19H,8H2,1H3,(H2,18,23)(H,20,22). The minimum absolute atomic E-state index is 0.0205. The molecular weight excluding hydrogens is 392 g/mol. The molecule has 0 radical (unpaired) electrons. The molecule has 130 valence electrons. The van der Waals surface area contributed by atoms with Crippen LogP contribution in [0.2, 0.25) is 0 Å². The van der Waals surface area contributed by atoms with Crippen molar-refractivity contribution in [3.05, 3.63) is 62.1 Å². The number of nitro benzene ring substituents is 1. The highest BCUT2D eigenvalue weighted by molar-refractivity contribution is 9.10. The number of hydrogen-bond donors (Lipinski definition) is 3. The minimum atomic E-state index is -0.766. The van der Waals surface area contributed by atoms with E-state index in [0.29, 0.717) is 5.69 Å². The molecule has 2 rings (SSSR count). The third kappa shape index (κ3) is 4.77. The number of benzene rings is 2. The molecule has 0 aliphatic carbocycles. The number of halogens is 1. The molecule has 8 nitrogen and oxygen atoms in total. The van der Waals surface area contributed by atoms with Crippen molar-refractivity contribution >= 4 is 44.8 Å². The molecule has 0 unspecified atom stereocenters. The van der Waals surface area contributed by atoms with E-state index in [2.05, 4.69) is 26.6 Å². The van der Waals surface area contributed by atoms with E-state index in [9.17, 15) is 19.7 Å². The van der Waals surface area contributed by atoms with Crippen LogP contribution in [0, 0.1) is 17.0 Å². The molecule has 2 amide bonds. The van der Waals surface area contributed by atoms with Gasteiger partial charge in [-0.2, -0.15) is 0 Å². The van der Waals surface area contributed by atoms with E-state index in [-0.39, 0.29) is 29.4 Å². The monoisotopic (exact) mass is 406 g/mol. The Hall–Kier alpha value is -2.94. The van der Waals surface area contributed by atoms with Crippen molar-refractivity contribution in [1.29, 1.82) is 0 Å². The summed E-state index contributed by atoms with van der Waals surface area (Å²) in [6, 6.07) is 9.17. The summed E-state index contributed by atoms with van der Waals surface area (Å²) in [5.41, 5.74) is 6.45. The molecule has 0 fully saturated rings. The van der Waals surface area contributed by atoms with Crippen LogP contribution in [0.4, 0.5) is 17.1 Å². The summed E-state index contributed by atoms with van der Waals surface area (Å²) >= 11 is 3.34. The molecule has 0 saturated heterocycles. The number of amides is 2. The number of nitrogens with two attached hydrogens (primary N) is 1. The van der Waals surface area contributed by atoms with E-state index < -0.39 is 10.8 Å². The first-order valence-electron chi connectivity index (χ1n) is 7.16. The number of carbonyl (C=O) groups excluding carboxylic acids is 2. The molecule has 9 heteroatoms. The highest BCUT2D eigenvalue weighted by Gasteiger charge is 2.17. The van der Waals surface area contributed by atoms with Crippen molar-refractivity contribution < 1.29 is 14.5 Å². The molecule has 0 aromatic heterocycles. The van der Waals surface area contributed by atoms with Crippen LogP contribution in [0.1, 0.15) is 15.9 Å². The SMILES string of the molecule is Cc1cc(Br)ccc1NC(=O)CNc1ccc(C(N)=O)cc1[N+](=O)[O-]. The number of hydrogen-bond acceptors (Lipinski definition) is 5. The van der Waals surface area contributed by atoms with E-state index >= 15 is 0 Å². The number of nitrogens with one attached hydrogen (secondary N) is 2. The maximum absolute atomic E-state index is 12.0. The van der Waals surface area contributed by atoms with Crippen molar-refractivity contribution in [2.75, 3.05) is 17.2 Å². The maximum Gasteiger partial charge on any atom is 0.293 e. The van der Waals surface area contributed by atoms with E-state index in [4.69, 9.17) is 5.73 Å². The fraction of sp³-hybridized carbons (Fsp3) is 0.125. The predicted molar refractivity (Wildman–Crippen MR) is 97.6 cm³/mol. The molecule has 0 spiro atoms. The molecular formula is C16H15BrN4O4. The van der Waals surface area contributed by atoms with Gasteiger partial charge in [0.05, 0.1) is 11.5 Å². The van der Waals surface area contributed by atoms with Gasteiger partial charge < -0.3 is 16.4 Å². The van der Waals surface area contributed by atoms with Gasteiger partial charge >= 0.3 is 0 Å². The molecule has 2 aromatic carbocycles. The van der Waals surface area contributed by atoms with E-state index in [1.807, 2.05) is 13.0 Å². The molecule has 0 bridgehead atoms. The summed E-state index contributed by atoms with van der Waals surface area (Å²) in [5.74, 6) is -1.13. The average Bonchev–Trinajstić information content (AvgIpc) is 2.55. The quantitative estimate of drug-likeness (QED) is 0.501. The van der Waals surface area contributed by atoms with Crippen molar-refractivity contribution in [3.8, 4) is 0 Å². The number of rotatable bonds is 6. The largest absolute Gasteiger partial charge is 0.371 e. The van der Waals surface area contributed by atoms with Crippen LogP contribution in [-0.2, 0) is 4.79 Å². The van der Waals surface area contributed by atoms with Crippen molar-refractivity contribution in [1.82, 2.24) is 0 Å². The van der Waals surface area contributed by atoms with Crippen LogP contribution in [0.15, 0.2) is 40.9 Å². The maximum atomic E-state index is 12.0. The first-order chi connectivity index (χ1) is 11.8. The Morgan fingerprint density at radius 2 is 1.88 bits per heavy atom. The number of aryl methyl sites for hydroxylation is 1. The minimum Gasteiger partial charge on any atom is -0.371 e. The van der Waals surface area contributed by atoms with Gasteiger partial charge in [0.15, 0.2) is 0 Å². The number of anilines is 2. The normalized spacial score (nSPS) is 10.2. The zero-order chi connectivity index (χ0) is 18.6. The highest BCUT2D eigenvalue weighted by atomic mass is 79.9. The highest BCUT2D eigenvalue weighted by Crippen LogP contribution is 2.25. The Kier molecular flexibility index (Phi) is 5.71. The van der Waals surface area contributed by atoms with Gasteiger partial charge in [0, 0.05) is 21.8 Å². The van der Waals surface area contributed by atoms with Crippen LogP contribution in [0.25, 0.3) is 0 Å². The van der Waals surface area contributed by atoms with Gasteiger partial charge in [-0.25, -0.2) is 0 Å². The van der Waals surface area contributed by atoms with Gasteiger partial charge in [0.25, 0.3) is 5.69 Å². The first-order valence-corrected chi connectivity index (χ1v) is 7.95. The Morgan fingerprint density at radius 1 is 1.20 bits per heavy atom. The fourth-order valence-corrected chi connectivity index (χ4v) is 2.60. The van der Waals surface area contributed by atoms with Gasteiger partial charge in [0.1, 0.15) is 5.69 Å². The average molecular weight is 407 g/mol. The number of nitro groups is 1. The molecule has 0 heterocycles. The summed E-state index contributed by atoms with van der Waals surface area (Å²) in [6.07, 6.45) is 0. The molecule has 0 atom stereocenters. The van der Waals surface area contributed by atoms with Gasteiger partial charge in [-0.1, -0.05) is 15.9 Å². The lowest BCUT2D eigenvalue weighted by molar-refractivity contribution is -0.384. The van der Waals surface area contributed by atoms with Crippen LogP contribution >= 0.6 is 15.9 Å². The number of primary amides is 1. The molecule has 0 aliphatic rings. The van der Waals surface area contributed by atoms with Crippen LogP contribution in [-0.4, -0.2) is 23.3 Å². The van der Waals surface area contributed by atoms with Gasteiger partial charge in [-0.3, -0.25) is 19.7 Å². The van der Waals surface area contributed by atoms with Crippen LogP contribution in [0.3, 0.4) is 0 Å². The number of nitrogens with zero attached hydrogens (tertiary/aromatic N) is 1. The second-order valence-electron chi connectivity index (χ2n) is 5.21. The predicted octanol–water partition coefficient (Wildman–Crippen LogP) is 2.82. The van der Waals surface area contributed by atoms with Gasteiger partial charge in [0.2, 0.25) is 11.8 Å². The second kappa shape index (κ2) is 7.75. The second-order valence-corrected chi connectivity index (χ2v) is 6.13. The molecule has 25 heavy (non-hydrogen) atoms. The summed E-state index contributed by atoms with van der Waals surface area (Å²) in [6.45, 7) is 1.67. The lowest BCUT2D eigenvalue weighted by Crippen LogP contribution is -2.22. The third-order valence-electron chi connectivity index (χ3n) is 3.38. The summed E-state index contributed by atoms with van der Waals surface area (Å²) in [7, 11) is 0. The smallest absolute Gasteiger partial charge is 0.293 e. The van der Waals surface area contributed by atoms with Crippen molar-refractivity contribution in [3.63, 3.8) is 0 Å². The van der Waals surface area contributed by atoms with Crippen LogP contribution in [0.5, 0.6) is 0 Å². The van der Waals surface area contributed by atoms with E-state index in [0.717, 1.165) is 16.1 Å². The Labute approximate surface area is 151 Å². The lowest BCUT2D eigenvalue weighted by atomic mass is 10.1. The molecule has 2 aromatic rings. The Balaban J connectivity index is 2.08. The van der Waals surface area contributed by atoms with Gasteiger partial charge in [-0.15, -0.1) is 0 Å². The summed E-state index contributed by atoms with van der Waals surface area (Å²) in [5, 5.41) is 16.5.